The maximum atomic E-state index is 12.8. The zero-order chi connectivity index (χ0) is 12.1. The number of hydrogen-bond acceptors (Lipinski definition) is 2. The van der Waals surface area contributed by atoms with E-state index in [4.69, 9.17) is 16.7 Å². The summed E-state index contributed by atoms with van der Waals surface area (Å²) in [4.78, 5) is 10.5. The Morgan fingerprint density at radius 2 is 2.31 bits per heavy atom. The van der Waals surface area contributed by atoms with Crippen LogP contribution in [0.4, 0.5) is 10.1 Å². The van der Waals surface area contributed by atoms with Gasteiger partial charge in [-0.25, -0.2) is 4.39 Å². The SMILES string of the molecule is CC(CCNc1ccc(F)c(Cl)c1)C(=O)O. The summed E-state index contributed by atoms with van der Waals surface area (Å²) >= 11 is 5.60. The molecule has 16 heavy (non-hydrogen) atoms. The summed E-state index contributed by atoms with van der Waals surface area (Å²) < 4.78 is 12.8. The number of aliphatic carboxylic acids is 1. The summed E-state index contributed by atoms with van der Waals surface area (Å²) in [5.41, 5.74) is 0.684. The maximum Gasteiger partial charge on any atom is 0.306 e. The molecule has 0 saturated heterocycles. The average Bonchev–Trinajstić information content (AvgIpc) is 2.23. The van der Waals surface area contributed by atoms with Crippen LogP contribution < -0.4 is 5.32 Å². The summed E-state index contributed by atoms with van der Waals surface area (Å²) in [6, 6.07) is 4.31. The van der Waals surface area contributed by atoms with E-state index >= 15 is 0 Å². The van der Waals surface area contributed by atoms with Crippen molar-refractivity contribution in [2.75, 3.05) is 11.9 Å². The van der Waals surface area contributed by atoms with Crippen LogP contribution in [0.5, 0.6) is 0 Å². The van der Waals surface area contributed by atoms with Gasteiger partial charge in [0.2, 0.25) is 0 Å². The molecule has 5 heteroatoms. The number of benzene rings is 1. The van der Waals surface area contributed by atoms with Gasteiger partial charge in [-0.1, -0.05) is 18.5 Å². The Morgan fingerprint density at radius 3 is 2.88 bits per heavy atom. The van der Waals surface area contributed by atoms with E-state index in [-0.39, 0.29) is 5.02 Å². The molecule has 0 heterocycles. The van der Waals surface area contributed by atoms with Gasteiger partial charge >= 0.3 is 5.97 Å². The van der Waals surface area contributed by atoms with Crippen molar-refractivity contribution in [2.45, 2.75) is 13.3 Å². The van der Waals surface area contributed by atoms with Crippen LogP contribution in [0, 0.1) is 11.7 Å². The van der Waals surface area contributed by atoms with Gasteiger partial charge in [0.25, 0.3) is 0 Å². The third-order valence-corrected chi connectivity index (χ3v) is 2.54. The predicted octanol–water partition coefficient (Wildman–Crippen LogP) is 3.00. The van der Waals surface area contributed by atoms with Gasteiger partial charge in [-0.2, -0.15) is 0 Å². The molecule has 0 saturated carbocycles. The van der Waals surface area contributed by atoms with Crippen LogP contribution in [0.25, 0.3) is 0 Å². The highest BCUT2D eigenvalue weighted by Gasteiger charge is 2.09. The van der Waals surface area contributed by atoms with Crippen LogP contribution in [-0.2, 0) is 4.79 Å². The number of carbonyl (C=O) groups is 1. The molecule has 0 fully saturated rings. The van der Waals surface area contributed by atoms with Crippen LogP contribution in [-0.4, -0.2) is 17.6 Å². The molecule has 88 valence electrons. The van der Waals surface area contributed by atoms with Gasteiger partial charge in [-0.3, -0.25) is 4.79 Å². The quantitative estimate of drug-likeness (QED) is 0.838. The number of nitrogens with one attached hydrogen (secondary N) is 1. The van der Waals surface area contributed by atoms with Gasteiger partial charge in [0.05, 0.1) is 10.9 Å². The van der Waals surface area contributed by atoms with E-state index in [1.54, 1.807) is 13.0 Å². The first-order valence-electron chi connectivity index (χ1n) is 4.92. The van der Waals surface area contributed by atoms with Crippen LogP contribution in [0.2, 0.25) is 5.02 Å². The lowest BCUT2D eigenvalue weighted by atomic mass is 10.1. The molecular weight excluding hydrogens is 233 g/mol. The van der Waals surface area contributed by atoms with Crippen molar-refractivity contribution in [3.63, 3.8) is 0 Å². The van der Waals surface area contributed by atoms with E-state index in [1.165, 1.54) is 12.1 Å². The molecule has 0 aliphatic carbocycles. The highest BCUT2D eigenvalue weighted by Crippen LogP contribution is 2.19. The van der Waals surface area contributed by atoms with Crippen molar-refractivity contribution >= 4 is 23.3 Å². The molecule has 3 nitrogen and oxygen atoms in total. The summed E-state index contributed by atoms with van der Waals surface area (Å²) in [6.45, 7) is 2.15. The third kappa shape index (κ3) is 3.70. The number of carboxylic acids is 1. The zero-order valence-electron chi connectivity index (χ0n) is 8.84. The Morgan fingerprint density at radius 1 is 1.62 bits per heavy atom. The lowest BCUT2D eigenvalue weighted by Crippen LogP contribution is -2.14. The molecule has 1 rings (SSSR count). The van der Waals surface area contributed by atoms with E-state index in [9.17, 15) is 9.18 Å². The maximum absolute atomic E-state index is 12.8. The van der Waals surface area contributed by atoms with E-state index in [0.717, 1.165) is 0 Å². The van der Waals surface area contributed by atoms with Crippen LogP contribution in [0.3, 0.4) is 0 Å². The largest absolute Gasteiger partial charge is 0.481 e. The first kappa shape index (κ1) is 12.8. The molecule has 1 aromatic carbocycles. The van der Waals surface area contributed by atoms with E-state index in [0.29, 0.717) is 18.7 Å². The molecule has 0 amide bonds. The second-order valence-corrected chi connectivity index (χ2v) is 3.99. The number of carboxylic acid groups (broad SMARTS) is 1. The minimum absolute atomic E-state index is 0.0521. The highest BCUT2D eigenvalue weighted by atomic mass is 35.5. The molecule has 0 aromatic heterocycles. The molecule has 1 aromatic rings. The average molecular weight is 246 g/mol. The minimum atomic E-state index is -0.820. The van der Waals surface area contributed by atoms with Gasteiger partial charge in [0.1, 0.15) is 5.82 Å². The summed E-state index contributed by atoms with van der Waals surface area (Å²) in [5, 5.41) is 11.7. The van der Waals surface area contributed by atoms with Crippen molar-refractivity contribution in [1.82, 2.24) is 0 Å². The van der Waals surface area contributed by atoms with Crippen molar-refractivity contribution in [3.05, 3.63) is 29.0 Å². The Bertz CT molecular complexity index is 384. The summed E-state index contributed by atoms with van der Waals surface area (Å²) in [6.07, 6.45) is 0.504. The fourth-order valence-electron chi connectivity index (χ4n) is 1.16. The molecule has 1 atom stereocenters. The predicted molar refractivity (Wildman–Crippen MR) is 61.3 cm³/mol. The first-order valence-corrected chi connectivity index (χ1v) is 5.30. The molecule has 0 spiro atoms. The van der Waals surface area contributed by atoms with Crippen LogP contribution in [0.15, 0.2) is 18.2 Å². The number of halogens is 2. The molecule has 0 aliphatic heterocycles. The van der Waals surface area contributed by atoms with Crippen molar-refractivity contribution in [2.24, 2.45) is 5.92 Å². The minimum Gasteiger partial charge on any atom is -0.481 e. The van der Waals surface area contributed by atoms with Gasteiger partial charge in [0.15, 0.2) is 0 Å². The van der Waals surface area contributed by atoms with Gasteiger partial charge in [-0.05, 0) is 24.6 Å². The Hall–Kier alpha value is -1.29. The first-order chi connectivity index (χ1) is 7.50. The van der Waals surface area contributed by atoms with Crippen LogP contribution >= 0.6 is 11.6 Å². The molecule has 0 bridgehead atoms. The molecule has 1 unspecified atom stereocenters. The highest BCUT2D eigenvalue weighted by molar-refractivity contribution is 6.31. The standard InChI is InChI=1S/C11H13ClFNO2/c1-7(11(15)16)4-5-14-8-2-3-10(13)9(12)6-8/h2-3,6-7,14H,4-5H2,1H3,(H,15,16). The summed E-state index contributed by atoms with van der Waals surface area (Å²) in [7, 11) is 0. The van der Waals surface area contributed by atoms with E-state index in [2.05, 4.69) is 5.32 Å². The number of rotatable bonds is 5. The zero-order valence-corrected chi connectivity index (χ0v) is 9.59. The smallest absolute Gasteiger partial charge is 0.306 e. The van der Waals surface area contributed by atoms with Crippen molar-refractivity contribution in [1.29, 1.82) is 0 Å². The second kappa shape index (κ2) is 5.70. The normalized spacial score (nSPS) is 12.2. The molecular formula is C11H13ClFNO2. The van der Waals surface area contributed by atoms with E-state index in [1.807, 2.05) is 0 Å². The lowest BCUT2D eigenvalue weighted by Gasteiger charge is -2.09. The molecule has 0 aliphatic rings. The molecule has 0 radical (unpaired) electrons. The van der Waals surface area contributed by atoms with Crippen molar-refractivity contribution in [3.8, 4) is 0 Å². The topological polar surface area (TPSA) is 49.3 Å². The fourth-order valence-corrected chi connectivity index (χ4v) is 1.34. The third-order valence-electron chi connectivity index (χ3n) is 2.25. The number of hydrogen-bond donors (Lipinski definition) is 2. The second-order valence-electron chi connectivity index (χ2n) is 3.58. The van der Waals surface area contributed by atoms with Crippen LogP contribution in [0.1, 0.15) is 13.3 Å². The number of anilines is 1. The molecule has 2 N–H and O–H groups in total. The van der Waals surface area contributed by atoms with Gasteiger partial charge in [-0.15, -0.1) is 0 Å². The summed E-state index contributed by atoms with van der Waals surface area (Å²) in [5.74, 6) is -1.69. The fraction of sp³-hybridized carbons (Fsp3) is 0.364. The monoisotopic (exact) mass is 245 g/mol. The Balaban J connectivity index is 2.43. The lowest BCUT2D eigenvalue weighted by molar-refractivity contribution is -0.141. The van der Waals surface area contributed by atoms with Gasteiger partial charge in [0, 0.05) is 12.2 Å². The van der Waals surface area contributed by atoms with Crippen molar-refractivity contribution < 1.29 is 14.3 Å². The van der Waals surface area contributed by atoms with E-state index < -0.39 is 17.7 Å². The van der Waals surface area contributed by atoms with Gasteiger partial charge < -0.3 is 10.4 Å². The Labute approximate surface area is 98.2 Å². The Kier molecular flexibility index (Phi) is 4.55.